The molecule has 0 spiro atoms. The summed E-state index contributed by atoms with van der Waals surface area (Å²) in [5, 5.41) is 0. The van der Waals surface area contributed by atoms with Gasteiger partial charge in [-0.15, -0.1) is 0 Å². The molecule has 0 amide bonds. The van der Waals surface area contributed by atoms with Crippen LogP contribution >= 0.6 is 0 Å². The Labute approximate surface area is 149 Å². The second-order valence-electron chi connectivity index (χ2n) is 5.78. The molecule has 0 aromatic heterocycles. The minimum atomic E-state index is 0.632. The second-order valence-corrected chi connectivity index (χ2v) is 5.78. The van der Waals surface area contributed by atoms with E-state index in [4.69, 9.17) is 9.47 Å². The summed E-state index contributed by atoms with van der Waals surface area (Å²) in [7, 11) is 0. The van der Waals surface area contributed by atoms with E-state index in [2.05, 4.69) is 28.4 Å². The Morgan fingerprint density at radius 3 is 2.32 bits per heavy atom. The van der Waals surface area contributed by atoms with Crippen LogP contribution in [0.25, 0.3) is 5.57 Å². The summed E-state index contributed by atoms with van der Waals surface area (Å²) in [6, 6.07) is 16.4. The Morgan fingerprint density at radius 2 is 1.68 bits per heavy atom. The molecule has 4 heteroatoms. The molecule has 0 N–H and O–H groups in total. The van der Waals surface area contributed by atoms with E-state index in [0.717, 1.165) is 23.6 Å². The predicted octanol–water partition coefficient (Wildman–Crippen LogP) is 4.25. The number of aliphatic imine (C=N–C) groups is 1. The highest BCUT2D eigenvalue weighted by atomic mass is 16.5. The van der Waals surface area contributed by atoms with Crippen LogP contribution in [0.3, 0.4) is 0 Å². The summed E-state index contributed by atoms with van der Waals surface area (Å²) in [5.41, 5.74) is 3.49. The summed E-state index contributed by atoms with van der Waals surface area (Å²) in [4.78, 5) is 6.35. The summed E-state index contributed by atoms with van der Waals surface area (Å²) in [6.45, 7) is 6.70. The highest BCUT2D eigenvalue weighted by Gasteiger charge is 2.13. The smallest absolute Gasteiger partial charge is 0.172 e. The zero-order valence-corrected chi connectivity index (χ0v) is 14.7. The van der Waals surface area contributed by atoms with Crippen LogP contribution in [0.2, 0.25) is 0 Å². The topological polar surface area (TPSA) is 34.1 Å². The maximum absolute atomic E-state index is 5.66. The number of hydrogen-bond acceptors (Lipinski definition) is 4. The molecule has 0 aliphatic carbocycles. The lowest BCUT2D eigenvalue weighted by Crippen LogP contribution is -2.25. The third kappa shape index (κ3) is 4.63. The van der Waals surface area contributed by atoms with Gasteiger partial charge in [0.2, 0.25) is 0 Å². The average Bonchev–Trinajstić information content (AvgIpc) is 2.63. The van der Waals surface area contributed by atoms with Gasteiger partial charge in [-0.1, -0.05) is 30.3 Å². The van der Waals surface area contributed by atoms with E-state index >= 15 is 0 Å². The molecule has 25 heavy (non-hydrogen) atoms. The summed E-state index contributed by atoms with van der Waals surface area (Å²) < 4.78 is 11.3. The maximum Gasteiger partial charge on any atom is 0.172 e. The van der Waals surface area contributed by atoms with Gasteiger partial charge in [-0.3, -0.25) is 0 Å². The molecule has 2 aromatic carbocycles. The van der Waals surface area contributed by atoms with Gasteiger partial charge in [-0.25, -0.2) is 4.99 Å². The normalized spacial score (nSPS) is 13.5. The van der Waals surface area contributed by atoms with E-state index in [1.807, 2.05) is 56.4 Å². The SMILES string of the molecule is CCOc1cc(CN2[C]=NC=C(c3ccccc3)C2)cc(OCC)c1. The lowest BCUT2D eigenvalue weighted by atomic mass is 10.1. The van der Waals surface area contributed by atoms with E-state index in [-0.39, 0.29) is 0 Å². The highest BCUT2D eigenvalue weighted by Crippen LogP contribution is 2.25. The van der Waals surface area contributed by atoms with Gasteiger partial charge in [0, 0.05) is 25.4 Å². The number of ether oxygens (including phenoxy) is 2. The van der Waals surface area contributed by atoms with Crippen molar-refractivity contribution in [1.29, 1.82) is 0 Å². The van der Waals surface area contributed by atoms with E-state index in [0.29, 0.717) is 19.8 Å². The van der Waals surface area contributed by atoms with Crippen molar-refractivity contribution in [3.8, 4) is 11.5 Å². The van der Waals surface area contributed by atoms with Crippen molar-refractivity contribution in [3.63, 3.8) is 0 Å². The van der Waals surface area contributed by atoms with E-state index < -0.39 is 0 Å². The molecule has 0 atom stereocenters. The van der Waals surface area contributed by atoms with Crippen LogP contribution in [-0.2, 0) is 6.54 Å². The van der Waals surface area contributed by atoms with Gasteiger partial charge in [0.15, 0.2) is 6.34 Å². The van der Waals surface area contributed by atoms with Crippen molar-refractivity contribution in [2.75, 3.05) is 19.8 Å². The molecule has 3 rings (SSSR count). The molecule has 1 aliphatic heterocycles. The molecule has 0 unspecified atom stereocenters. The molecular weight excluding hydrogens is 312 g/mol. The fourth-order valence-corrected chi connectivity index (χ4v) is 2.82. The largest absolute Gasteiger partial charge is 0.494 e. The van der Waals surface area contributed by atoms with E-state index in [9.17, 15) is 0 Å². The zero-order chi connectivity index (χ0) is 17.5. The molecule has 1 aliphatic rings. The quantitative estimate of drug-likeness (QED) is 0.759. The first kappa shape index (κ1) is 17.1. The maximum atomic E-state index is 5.66. The van der Waals surface area contributed by atoms with Crippen LogP contribution in [0.15, 0.2) is 59.7 Å². The lowest BCUT2D eigenvalue weighted by Gasteiger charge is -2.23. The molecule has 4 nitrogen and oxygen atoms in total. The first-order valence-electron chi connectivity index (χ1n) is 8.63. The Hall–Kier alpha value is -2.75. The molecule has 129 valence electrons. The van der Waals surface area contributed by atoms with Gasteiger partial charge in [-0.05, 0) is 42.7 Å². The van der Waals surface area contributed by atoms with Crippen LogP contribution in [0, 0.1) is 0 Å². The minimum Gasteiger partial charge on any atom is -0.494 e. The Bertz CT molecular complexity index is 729. The third-order valence-corrected chi connectivity index (χ3v) is 3.86. The number of rotatable bonds is 7. The Balaban J connectivity index is 1.74. The van der Waals surface area contributed by atoms with Crippen molar-refractivity contribution in [1.82, 2.24) is 4.90 Å². The molecule has 1 radical (unpaired) electrons. The van der Waals surface area contributed by atoms with Gasteiger partial charge < -0.3 is 14.4 Å². The Kier molecular flexibility index (Phi) is 5.73. The first-order chi connectivity index (χ1) is 12.3. The zero-order valence-electron chi connectivity index (χ0n) is 14.7. The highest BCUT2D eigenvalue weighted by molar-refractivity contribution is 5.74. The summed E-state index contributed by atoms with van der Waals surface area (Å²) in [5.74, 6) is 1.66. The average molecular weight is 335 g/mol. The Morgan fingerprint density at radius 1 is 1.00 bits per heavy atom. The van der Waals surface area contributed by atoms with E-state index in [1.54, 1.807) is 0 Å². The van der Waals surface area contributed by atoms with Crippen LogP contribution < -0.4 is 9.47 Å². The predicted molar refractivity (Wildman–Crippen MR) is 101 cm³/mol. The molecule has 0 fully saturated rings. The lowest BCUT2D eigenvalue weighted by molar-refractivity contribution is 0.321. The first-order valence-corrected chi connectivity index (χ1v) is 8.63. The molecular formula is C21H23N2O2. The van der Waals surface area contributed by atoms with Crippen molar-refractivity contribution in [2.45, 2.75) is 20.4 Å². The van der Waals surface area contributed by atoms with Crippen LogP contribution in [0.5, 0.6) is 11.5 Å². The van der Waals surface area contributed by atoms with Gasteiger partial charge in [0.25, 0.3) is 0 Å². The molecule has 0 saturated carbocycles. The van der Waals surface area contributed by atoms with Gasteiger partial charge in [0.1, 0.15) is 11.5 Å². The van der Waals surface area contributed by atoms with E-state index in [1.165, 1.54) is 11.1 Å². The molecule has 0 saturated heterocycles. The van der Waals surface area contributed by atoms with Crippen LogP contribution in [0.4, 0.5) is 0 Å². The van der Waals surface area contributed by atoms with Crippen molar-refractivity contribution in [3.05, 3.63) is 65.9 Å². The molecule has 0 bridgehead atoms. The minimum absolute atomic E-state index is 0.632. The standard InChI is InChI=1S/C21H23N2O2/c1-3-24-20-10-17(11-21(12-20)25-4-2)14-23-15-19(13-22-16-23)18-8-6-5-7-9-18/h5-13H,3-4,14-15H2,1-2H3. The van der Waals surface area contributed by atoms with Crippen molar-refractivity contribution >= 4 is 11.9 Å². The monoisotopic (exact) mass is 335 g/mol. The van der Waals surface area contributed by atoms with Gasteiger partial charge in [-0.2, -0.15) is 0 Å². The molecule has 2 aromatic rings. The number of hydrogen-bond donors (Lipinski definition) is 0. The number of nitrogens with zero attached hydrogens (tertiary/aromatic N) is 2. The molecule has 1 heterocycles. The van der Waals surface area contributed by atoms with Gasteiger partial charge >= 0.3 is 0 Å². The number of benzene rings is 2. The fraction of sp³-hybridized carbons (Fsp3) is 0.286. The second kappa shape index (κ2) is 8.38. The van der Waals surface area contributed by atoms with Crippen LogP contribution in [-0.4, -0.2) is 31.0 Å². The van der Waals surface area contributed by atoms with Gasteiger partial charge in [0.05, 0.1) is 13.2 Å². The summed E-state index contributed by atoms with van der Waals surface area (Å²) in [6.07, 6.45) is 4.95. The van der Waals surface area contributed by atoms with Crippen molar-refractivity contribution < 1.29 is 9.47 Å². The van der Waals surface area contributed by atoms with Crippen LogP contribution in [0.1, 0.15) is 25.0 Å². The summed E-state index contributed by atoms with van der Waals surface area (Å²) >= 11 is 0. The fourth-order valence-electron chi connectivity index (χ4n) is 2.82. The third-order valence-electron chi connectivity index (χ3n) is 3.86. The van der Waals surface area contributed by atoms with Crippen molar-refractivity contribution in [2.24, 2.45) is 4.99 Å².